The van der Waals surface area contributed by atoms with Crippen molar-refractivity contribution in [3.63, 3.8) is 0 Å². The van der Waals surface area contributed by atoms with Crippen molar-refractivity contribution in [2.75, 3.05) is 19.6 Å². The molecule has 0 saturated heterocycles. The van der Waals surface area contributed by atoms with Crippen molar-refractivity contribution in [1.29, 1.82) is 0 Å². The minimum atomic E-state index is 0.0563. The number of nitrogens with zero attached hydrogens (tertiary/aromatic N) is 1. The molecule has 1 amide bonds. The number of carbonyl (C=O) groups excluding carboxylic acids is 1. The van der Waals surface area contributed by atoms with E-state index in [2.05, 4.69) is 30.2 Å². The zero-order valence-corrected chi connectivity index (χ0v) is 13.4. The van der Waals surface area contributed by atoms with E-state index in [9.17, 15) is 4.79 Å². The van der Waals surface area contributed by atoms with Gasteiger partial charge in [-0.3, -0.25) is 4.79 Å². The second-order valence-corrected chi connectivity index (χ2v) is 6.47. The van der Waals surface area contributed by atoms with Gasteiger partial charge in [0.25, 0.3) is 5.91 Å². The van der Waals surface area contributed by atoms with E-state index in [0.29, 0.717) is 6.54 Å². The van der Waals surface area contributed by atoms with Crippen LogP contribution in [0, 0.1) is 0 Å². The molecule has 3 nitrogen and oxygen atoms in total. The summed E-state index contributed by atoms with van der Waals surface area (Å²) in [6.45, 7) is 5.76. The van der Waals surface area contributed by atoms with Crippen molar-refractivity contribution in [2.45, 2.75) is 12.5 Å². The Morgan fingerprint density at radius 1 is 1.36 bits per heavy atom. The molecule has 0 saturated carbocycles. The monoisotopic (exact) mass is 313 g/mol. The molecule has 1 aliphatic rings. The number of nitrogens with two attached hydrogens (primary N) is 1. The Balaban J connectivity index is 1.89. The number of hydrogen-bond acceptors (Lipinski definition) is 2. The summed E-state index contributed by atoms with van der Waals surface area (Å²) in [5, 5.41) is 4.14. The van der Waals surface area contributed by atoms with Crippen LogP contribution in [0.5, 0.6) is 0 Å². The lowest BCUT2D eigenvalue weighted by molar-refractivity contribution is -0.635. The van der Waals surface area contributed by atoms with E-state index >= 15 is 0 Å². The van der Waals surface area contributed by atoms with Crippen molar-refractivity contribution in [3.05, 3.63) is 70.4 Å². The molecule has 114 valence electrons. The molecule has 1 aliphatic heterocycles. The normalized spacial score (nSPS) is 17.1. The molecule has 2 N–H and O–H groups in total. The zero-order chi connectivity index (χ0) is 15.4. The maximum atomic E-state index is 12.7. The molecular weight excluding hydrogens is 292 g/mol. The van der Waals surface area contributed by atoms with Gasteiger partial charge in [-0.2, -0.15) is 0 Å². The van der Waals surface area contributed by atoms with Gasteiger partial charge in [-0.05, 0) is 35.1 Å². The van der Waals surface area contributed by atoms with Gasteiger partial charge in [0.2, 0.25) is 0 Å². The van der Waals surface area contributed by atoms with E-state index < -0.39 is 0 Å². The minimum absolute atomic E-state index is 0.0563. The molecule has 0 fully saturated rings. The number of thiophene rings is 1. The van der Waals surface area contributed by atoms with Crippen LogP contribution in [-0.4, -0.2) is 30.4 Å². The molecule has 1 atom stereocenters. The fourth-order valence-corrected chi connectivity index (χ4v) is 3.93. The van der Waals surface area contributed by atoms with E-state index in [0.717, 1.165) is 19.5 Å². The van der Waals surface area contributed by atoms with Crippen LogP contribution in [-0.2, 0) is 11.2 Å². The number of carbonyl (C=O) groups is 1. The number of benzene rings is 1. The lowest BCUT2D eigenvalue weighted by Gasteiger charge is -2.36. The predicted octanol–water partition coefficient (Wildman–Crippen LogP) is 1.97. The molecule has 1 aromatic carbocycles. The first-order valence-corrected chi connectivity index (χ1v) is 8.52. The number of hydrogen-bond donors (Lipinski definition) is 1. The molecule has 0 radical (unpaired) electrons. The highest BCUT2D eigenvalue weighted by atomic mass is 32.1. The molecular formula is C18H21N2OS+. The van der Waals surface area contributed by atoms with E-state index in [-0.39, 0.29) is 11.9 Å². The molecule has 4 heteroatoms. The molecule has 0 unspecified atom stereocenters. The van der Waals surface area contributed by atoms with Crippen LogP contribution in [0.1, 0.15) is 22.0 Å². The first kappa shape index (κ1) is 15.0. The summed E-state index contributed by atoms with van der Waals surface area (Å²) in [5.74, 6) is 0.201. The third-order valence-corrected chi connectivity index (χ3v) is 5.05. The third kappa shape index (κ3) is 2.98. The molecule has 1 aromatic heterocycles. The molecule has 3 rings (SSSR count). The summed E-state index contributed by atoms with van der Waals surface area (Å²) in [5.41, 5.74) is 2.48. The summed E-state index contributed by atoms with van der Waals surface area (Å²) < 4.78 is 0. The van der Waals surface area contributed by atoms with Crippen molar-refractivity contribution >= 4 is 17.2 Å². The molecule has 2 aromatic rings. The first-order chi connectivity index (χ1) is 10.8. The third-order valence-electron chi connectivity index (χ3n) is 4.05. The van der Waals surface area contributed by atoms with Gasteiger partial charge in [0.1, 0.15) is 0 Å². The van der Waals surface area contributed by atoms with Gasteiger partial charge in [0.05, 0.1) is 12.6 Å². The van der Waals surface area contributed by atoms with Gasteiger partial charge in [-0.15, -0.1) is 11.3 Å². The van der Waals surface area contributed by atoms with Crippen molar-refractivity contribution in [1.82, 2.24) is 4.90 Å². The largest absolute Gasteiger partial charge is 0.335 e. The quantitative estimate of drug-likeness (QED) is 0.665. The van der Waals surface area contributed by atoms with Crippen molar-refractivity contribution in [3.8, 4) is 0 Å². The summed E-state index contributed by atoms with van der Waals surface area (Å²) in [7, 11) is 0. The molecule has 22 heavy (non-hydrogen) atoms. The number of fused-ring (bicyclic) bond motifs is 1. The molecule has 0 aliphatic carbocycles. The zero-order valence-electron chi connectivity index (χ0n) is 12.6. The molecule has 0 spiro atoms. The fourth-order valence-electron chi connectivity index (χ4n) is 3.02. The summed E-state index contributed by atoms with van der Waals surface area (Å²) >= 11 is 1.80. The maximum absolute atomic E-state index is 12.7. The Labute approximate surface area is 135 Å². The fraction of sp³-hybridized carbons (Fsp3) is 0.278. The van der Waals surface area contributed by atoms with Crippen LogP contribution in [0.2, 0.25) is 0 Å². The van der Waals surface area contributed by atoms with Gasteiger partial charge in [-0.25, -0.2) is 0 Å². The Morgan fingerprint density at radius 3 is 2.95 bits per heavy atom. The van der Waals surface area contributed by atoms with E-state index in [1.807, 2.05) is 34.5 Å². The van der Waals surface area contributed by atoms with E-state index in [4.69, 9.17) is 0 Å². The first-order valence-electron chi connectivity index (χ1n) is 7.64. The number of amides is 1. The van der Waals surface area contributed by atoms with Crippen LogP contribution < -0.4 is 5.32 Å². The SMILES string of the molecule is C=CC[NH2+]CC(=O)N1CCc2sccc2[C@@H]1c1ccccc1. The number of quaternary nitrogens is 1. The second-order valence-electron chi connectivity index (χ2n) is 5.47. The smallest absolute Gasteiger partial charge is 0.278 e. The Hall–Kier alpha value is -1.91. The minimum Gasteiger partial charge on any atom is -0.335 e. The molecule has 0 bridgehead atoms. The van der Waals surface area contributed by atoms with Gasteiger partial charge in [0, 0.05) is 11.4 Å². The van der Waals surface area contributed by atoms with E-state index in [1.54, 1.807) is 11.3 Å². The lowest BCUT2D eigenvalue weighted by atomic mass is 9.93. The topological polar surface area (TPSA) is 36.9 Å². The van der Waals surface area contributed by atoms with Crippen LogP contribution >= 0.6 is 11.3 Å². The highest BCUT2D eigenvalue weighted by molar-refractivity contribution is 7.10. The highest BCUT2D eigenvalue weighted by Crippen LogP contribution is 2.37. The van der Waals surface area contributed by atoms with Crippen molar-refractivity contribution in [2.24, 2.45) is 0 Å². The summed E-state index contributed by atoms with van der Waals surface area (Å²) in [4.78, 5) is 16.1. The van der Waals surface area contributed by atoms with Gasteiger partial charge < -0.3 is 10.2 Å². The van der Waals surface area contributed by atoms with Gasteiger partial charge >= 0.3 is 0 Å². The van der Waals surface area contributed by atoms with Crippen molar-refractivity contribution < 1.29 is 10.1 Å². The Kier molecular flexibility index (Phi) is 4.71. The van der Waals surface area contributed by atoms with Crippen LogP contribution in [0.15, 0.2) is 54.4 Å². The average Bonchev–Trinajstić information content (AvgIpc) is 3.03. The Bertz CT molecular complexity index is 650. The van der Waals surface area contributed by atoms with Gasteiger partial charge in [0.15, 0.2) is 6.54 Å². The van der Waals surface area contributed by atoms with Crippen LogP contribution in [0.4, 0.5) is 0 Å². The average molecular weight is 313 g/mol. The summed E-state index contributed by atoms with van der Waals surface area (Å²) in [6.07, 6.45) is 2.79. The Morgan fingerprint density at radius 2 is 2.18 bits per heavy atom. The standard InChI is InChI=1S/C18H20N2OS/c1-2-10-19-13-17(21)20-11-8-16-15(9-12-22-16)18(20)14-6-4-3-5-7-14/h2-7,9,12,18-19H,1,8,10-11,13H2/p+1/t18-/m0/s1. The molecule has 2 heterocycles. The second kappa shape index (κ2) is 6.90. The summed E-state index contributed by atoms with van der Waals surface area (Å²) in [6, 6.07) is 12.6. The van der Waals surface area contributed by atoms with Crippen LogP contribution in [0.3, 0.4) is 0 Å². The van der Waals surface area contributed by atoms with Crippen LogP contribution in [0.25, 0.3) is 0 Å². The number of rotatable bonds is 5. The lowest BCUT2D eigenvalue weighted by Crippen LogP contribution is -2.86. The predicted molar refractivity (Wildman–Crippen MR) is 89.9 cm³/mol. The highest BCUT2D eigenvalue weighted by Gasteiger charge is 2.32. The van der Waals surface area contributed by atoms with E-state index in [1.165, 1.54) is 16.0 Å². The maximum Gasteiger partial charge on any atom is 0.278 e. The van der Waals surface area contributed by atoms with Gasteiger partial charge in [-0.1, -0.05) is 36.9 Å².